The summed E-state index contributed by atoms with van der Waals surface area (Å²) in [6.07, 6.45) is 0.774. The van der Waals surface area contributed by atoms with E-state index < -0.39 is 0 Å². The van der Waals surface area contributed by atoms with E-state index in [1.54, 1.807) is 0 Å². The summed E-state index contributed by atoms with van der Waals surface area (Å²) >= 11 is 0. The van der Waals surface area contributed by atoms with Crippen molar-refractivity contribution in [3.8, 4) is 6.07 Å². The minimum absolute atomic E-state index is 0.742. The normalized spacial score (nSPS) is 10.1. The largest absolute Gasteiger partial charge is 0.399 e. The maximum atomic E-state index is 9.09. The summed E-state index contributed by atoms with van der Waals surface area (Å²) in [6.45, 7) is 4.06. The smallest absolute Gasteiger partial charge is 0.0994 e. The van der Waals surface area contributed by atoms with Gasteiger partial charge in [-0.25, -0.2) is 0 Å². The van der Waals surface area contributed by atoms with Crippen LogP contribution in [0.5, 0.6) is 0 Å². The van der Waals surface area contributed by atoms with Crippen LogP contribution in [0.2, 0.25) is 0 Å². The molecule has 0 aliphatic carbocycles. The molecule has 0 amide bonds. The summed E-state index contributed by atoms with van der Waals surface area (Å²) in [5.74, 6) is 0. The Morgan fingerprint density at radius 3 is 2.50 bits per heavy atom. The lowest BCUT2D eigenvalue weighted by atomic mass is 9.95. The second-order valence-corrected chi connectivity index (χ2v) is 4.58. The average molecular weight is 236 g/mol. The molecule has 0 aliphatic heterocycles. The first-order valence-electron chi connectivity index (χ1n) is 5.95. The van der Waals surface area contributed by atoms with E-state index in [-0.39, 0.29) is 0 Å². The molecule has 0 spiro atoms. The molecule has 18 heavy (non-hydrogen) atoms. The molecule has 0 unspecified atom stereocenters. The van der Waals surface area contributed by atoms with Gasteiger partial charge in [0.2, 0.25) is 0 Å². The molecule has 0 heterocycles. The number of anilines is 1. The molecule has 0 bridgehead atoms. The average Bonchev–Trinajstić information content (AvgIpc) is 2.36. The Balaban J connectivity index is 2.41. The van der Waals surface area contributed by atoms with Crippen LogP contribution in [0, 0.1) is 25.2 Å². The maximum Gasteiger partial charge on any atom is 0.0994 e. The lowest BCUT2D eigenvalue weighted by molar-refractivity contribution is 1.14. The highest BCUT2D eigenvalue weighted by atomic mass is 14.6. The van der Waals surface area contributed by atoms with Gasteiger partial charge in [-0.15, -0.1) is 0 Å². The summed E-state index contributed by atoms with van der Waals surface area (Å²) in [7, 11) is 0. The van der Waals surface area contributed by atoms with Crippen LogP contribution in [-0.4, -0.2) is 0 Å². The van der Waals surface area contributed by atoms with Crippen molar-refractivity contribution in [2.45, 2.75) is 20.3 Å². The van der Waals surface area contributed by atoms with Gasteiger partial charge in [0.1, 0.15) is 0 Å². The highest BCUT2D eigenvalue weighted by molar-refractivity contribution is 5.52. The molecule has 0 fully saturated rings. The molecular weight excluding hydrogens is 220 g/mol. The lowest BCUT2D eigenvalue weighted by Gasteiger charge is -2.10. The molecule has 90 valence electrons. The van der Waals surface area contributed by atoms with E-state index in [1.165, 1.54) is 11.1 Å². The van der Waals surface area contributed by atoms with Crippen molar-refractivity contribution in [2.75, 3.05) is 5.73 Å². The summed E-state index contributed by atoms with van der Waals surface area (Å²) in [5.41, 5.74) is 12.0. The number of nitrogens with two attached hydrogens (primary N) is 1. The Morgan fingerprint density at radius 2 is 1.78 bits per heavy atom. The van der Waals surface area contributed by atoms with Crippen molar-refractivity contribution >= 4 is 5.69 Å². The standard InChI is InChI=1S/C16H16N2/c1-11-8-16(18)12(2)7-15(11)9-13-5-3-4-6-14(13)10-17/h3-8H,9,18H2,1-2H3. The van der Waals surface area contributed by atoms with Crippen LogP contribution in [-0.2, 0) is 6.42 Å². The minimum Gasteiger partial charge on any atom is -0.399 e. The molecule has 2 N–H and O–H groups in total. The van der Waals surface area contributed by atoms with Crippen molar-refractivity contribution in [1.29, 1.82) is 5.26 Å². The van der Waals surface area contributed by atoms with Crippen LogP contribution < -0.4 is 5.73 Å². The summed E-state index contributed by atoms with van der Waals surface area (Å²) in [6, 6.07) is 14.1. The van der Waals surface area contributed by atoms with Crippen LogP contribution in [0.4, 0.5) is 5.69 Å². The number of nitriles is 1. The van der Waals surface area contributed by atoms with Crippen molar-refractivity contribution < 1.29 is 0 Å². The number of aryl methyl sites for hydroxylation is 2. The van der Waals surface area contributed by atoms with Crippen molar-refractivity contribution in [3.63, 3.8) is 0 Å². The molecule has 2 nitrogen and oxygen atoms in total. The van der Waals surface area contributed by atoms with Crippen molar-refractivity contribution in [2.24, 2.45) is 0 Å². The Kier molecular flexibility index (Phi) is 3.34. The zero-order valence-corrected chi connectivity index (χ0v) is 10.7. The Hall–Kier alpha value is -2.27. The number of nitrogens with zero attached hydrogens (tertiary/aromatic N) is 1. The van der Waals surface area contributed by atoms with Crippen LogP contribution in [0.1, 0.15) is 27.8 Å². The number of benzene rings is 2. The number of hydrogen-bond donors (Lipinski definition) is 1. The second kappa shape index (κ2) is 4.93. The summed E-state index contributed by atoms with van der Waals surface area (Å²) in [5, 5.41) is 9.09. The van der Waals surface area contributed by atoms with Crippen LogP contribution in [0.15, 0.2) is 36.4 Å². The molecule has 0 aromatic heterocycles. The minimum atomic E-state index is 0.742. The van der Waals surface area contributed by atoms with Gasteiger partial charge in [-0.2, -0.15) is 5.26 Å². The molecule has 0 radical (unpaired) electrons. The van der Waals surface area contributed by atoms with Gasteiger partial charge in [0.15, 0.2) is 0 Å². The summed E-state index contributed by atoms with van der Waals surface area (Å²) < 4.78 is 0. The first-order chi connectivity index (χ1) is 8.61. The third kappa shape index (κ3) is 2.36. The second-order valence-electron chi connectivity index (χ2n) is 4.58. The number of hydrogen-bond acceptors (Lipinski definition) is 2. The Labute approximate surface area is 108 Å². The highest BCUT2D eigenvalue weighted by Crippen LogP contribution is 2.21. The third-order valence-corrected chi connectivity index (χ3v) is 3.24. The van der Waals surface area contributed by atoms with E-state index in [2.05, 4.69) is 19.1 Å². The zero-order chi connectivity index (χ0) is 13.1. The zero-order valence-electron chi connectivity index (χ0n) is 10.7. The van der Waals surface area contributed by atoms with Gasteiger partial charge < -0.3 is 5.73 Å². The first kappa shape index (κ1) is 12.2. The predicted octanol–water partition coefficient (Wildman–Crippen LogP) is 3.35. The fraction of sp³-hybridized carbons (Fsp3) is 0.188. The van der Waals surface area contributed by atoms with E-state index in [4.69, 9.17) is 11.0 Å². The van der Waals surface area contributed by atoms with Crippen LogP contribution >= 0.6 is 0 Å². The molecule has 0 aliphatic rings. The molecule has 0 saturated carbocycles. The van der Waals surface area contributed by atoms with Crippen LogP contribution in [0.25, 0.3) is 0 Å². The van der Waals surface area contributed by atoms with Crippen molar-refractivity contribution in [3.05, 3.63) is 64.2 Å². The fourth-order valence-corrected chi connectivity index (χ4v) is 2.08. The molecular formula is C16H16N2. The Bertz CT molecular complexity index is 621. The quantitative estimate of drug-likeness (QED) is 0.813. The lowest BCUT2D eigenvalue weighted by Crippen LogP contribution is -1.98. The van der Waals surface area contributed by atoms with Gasteiger partial charge >= 0.3 is 0 Å². The van der Waals surface area contributed by atoms with Gasteiger partial charge in [-0.3, -0.25) is 0 Å². The number of rotatable bonds is 2. The van der Waals surface area contributed by atoms with Gasteiger partial charge in [0.05, 0.1) is 11.6 Å². The maximum absolute atomic E-state index is 9.09. The van der Waals surface area contributed by atoms with Gasteiger partial charge in [-0.1, -0.05) is 24.3 Å². The van der Waals surface area contributed by atoms with Gasteiger partial charge in [0.25, 0.3) is 0 Å². The van der Waals surface area contributed by atoms with E-state index in [9.17, 15) is 0 Å². The van der Waals surface area contributed by atoms with E-state index >= 15 is 0 Å². The molecule has 0 atom stereocenters. The van der Waals surface area contributed by atoms with E-state index in [0.29, 0.717) is 0 Å². The highest BCUT2D eigenvalue weighted by Gasteiger charge is 2.06. The summed E-state index contributed by atoms with van der Waals surface area (Å²) in [4.78, 5) is 0. The molecule has 2 rings (SSSR count). The number of nitrogen functional groups attached to an aromatic ring is 1. The fourth-order valence-electron chi connectivity index (χ4n) is 2.08. The topological polar surface area (TPSA) is 49.8 Å². The third-order valence-electron chi connectivity index (χ3n) is 3.24. The molecule has 2 heteroatoms. The van der Waals surface area contributed by atoms with Gasteiger partial charge in [-0.05, 0) is 54.7 Å². The van der Waals surface area contributed by atoms with E-state index in [0.717, 1.165) is 28.8 Å². The van der Waals surface area contributed by atoms with Crippen LogP contribution in [0.3, 0.4) is 0 Å². The molecule has 2 aromatic rings. The van der Waals surface area contributed by atoms with E-state index in [1.807, 2.05) is 37.3 Å². The van der Waals surface area contributed by atoms with Gasteiger partial charge in [0, 0.05) is 5.69 Å². The SMILES string of the molecule is Cc1cc(Cc2ccccc2C#N)c(C)cc1N. The monoisotopic (exact) mass is 236 g/mol. The first-order valence-corrected chi connectivity index (χ1v) is 5.95. The Morgan fingerprint density at radius 1 is 1.06 bits per heavy atom. The molecule has 2 aromatic carbocycles. The molecule has 0 saturated heterocycles. The predicted molar refractivity (Wildman–Crippen MR) is 74.3 cm³/mol. The van der Waals surface area contributed by atoms with Crippen molar-refractivity contribution in [1.82, 2.24) is 0 Å².